The molecule has 3 aromatic rings. The molecule has 0 bridgehead atoms. The van der Waals surface area contributed by atoms with Gasteiger partial charge in [-0.3, -0.25) is 0 Å². The second-order valence-electron chi connectivity index (χ2n) is 8.43. The normalized spacial score (nSPS) is 27.4. The van der Waals surface area contributed by atoms with E-state index < -0.39 is 5.60 Å². The molecular formula is C23H25ClN2O2. The van der Waals surface area contributed by atoms with E-state index in [0.717, 1.165) is 52.2 Å². The lowest BCUT2D eigenvalue weighted by Gasteiger charge is -2.56. The number of halogens is 1. The predicted octanol–water partition coefficient (Wildman–Crippen LogP) is 3.93. The van der Waals surface area contributed by atoms with Crippen LogP contribution in [-0.2, 0) is 18.3 Å². The van der Waals surface area contributed by atoms with E-state index >= 15 is 0 Å². The summed E-state index contributed by atoms with van der Waals surface area (Å²) in [4.78, 5) is 5.84. The monoisotopic (exact) mass is 396 g/mol. The van der Waals surface area contributed by atoms with Crippen molar-refractivity contribution in [3.63, 3.8) is 0 Å². The number of hydrogen-bond acceptors (Lipinski definition) is 3. The van der Waals surface area contributed by atoms with Gasteiger partial charge in [0, 0.05) is 41.4 Å². The molecule has 0 saturated carbocycles. The Morgan fingerprint density at radius 1 is 1.18 bits per heavy atom. The Labute approximate surface area is 170 Å². The molecular weight excluding hydrogens is 372 g/mol. The van der Waals surface area contributed by atoms with Gasteiger partial charge >= 0.3 is 0 Å². The molecule has 0 unspecified atom stereocenters. The maximum atomic E-state index is 12.1. The number of methoxy groups -OCH3 is 1. The van der Waals surface area contributed by atoms with E-state index in [1.807, 2.05) is 24.3 Å². The second-order valence-corrected chi connectivity index (χ2v) is 8.84. The number of rotatable bonds is 2. The largest absolute Gasteiger partial charge is 0.497 e. The molecule has 2 N–H and O–H groups in total. The minimum atomic E-state index is -0.867. The third-order valence-electron chi connectivity index (χ3n) is 6.88. The van der Waals surface area contributed by atoms with Gasteiger partial charge in [0.25, 0.3) is 0 Å². The van der Waals surface area contributed by atoms with Crippen LogP contribution in [0.4, 0.5) is 0 Å². The average Bonchev–Trinajstić information content (AvgIpc) is 3.03. The van der Waals surface area contributed by atoms with Crippen LogP contribution in [0.15, 0.2) is 42.5 Å². The third-order valence-corrected chi connectivity index (χ3v) is 7.19. The highest BCUT2D eigenvalue weighted by Gasteiger charge is 2.57. The van der Waals surface area contributed by atoms with E-state index in [4.69, 9.17) is 16.3 Å². The standard InChI is InChI=1S/C23H25ClN2O2/c1-26-10-9-22(15-5-3-6-16(11-15)28-2)13-20-17(12-23(22,27)14-26)21-18(24)7-4-8-19(21)25-20/h3-8,11,25,27H,9-10,12-14H2,1-2H3/t22-,23-/m0/s1. The number of ether oxygens (including phenoxy) is 1. The van der Waals surface area contributed by atoms with Crippen LogP contribution in [0.25, 0.3) is 10.9 Å². The minimum absolute atomic E-state index is 0.353. The average molecular weight is 397 g/mol. The van der Waals surface area contributed by atoms with Gasteiger partial charge in [-0.25, -0.2) is 0 Å². The van der Waals surface area contributed by atoms with E-state index in [2.05, 4.69) is 35.1 Å². The topological polar surface area (TPSA) is 48.5 Å². The van der Waals surface area contributed by atoms with E-state index in [0.29, 0.717) is 13.0 Å². The van der Waals surface area contributed by atoms with E-state index in [1.165, 1.54) is 5.69 Å². The van der Waals surface area contributed by atoms with Crippen molar-refractivity contribution in [3.05, 3.63) is 64.3 Å². The lowest BCUT2D eigenvalue weighted by Crippen LogP contribution is -2.65. The maximum Gasteiger partial charge on any atom is 0.119 e. The first kappa shape index (κ1) is 18.0. The summed E-state index contributed by atoms with van der Waals surface area (Å²) in [5.41, 5.74) is 3.34. The lowest BCUT2D eigenvalue weighted by atomic mass is 9.56. The molecule has 28 heavy (non-hydrogen) atoms. The molecule has 1 fully saturated rings. The van der Waals surface area contributed by atoms with Gasteiger partial charge in [-0.15, -0.1) is 0 Å². The number of hydrogen-bond donors (Lipinski definition) is 2. The summed E-state index contributed by atoms with van der Waals surface area (Å²) in [6.45, 7) is 1.59. The Morgan fingerprint density at radius 2 is 2.00 bits per heavy atom. The Morgan fingerprint density at radius 3 is 2.82 bits per heavy atom. The number of nitrogens with zero attached hydrogens (tertiary/aromatic N) is 1. The fourth-order valence-corrected chi connectivity index (χ4v) is 5.76. The van der Waals surface area contributed by atoms with Gasteiger partial charge in [0.15, 0.2) is 0 Å². The summed E-state index contributed by atoms with van der Waals surface area (Å²) in [7, 11) is 3.78. The van der Waals surface area contributed by atoms with Crippen LogP contribution in [0.5, 0.6) is 5.75 Å². The molecule has 4 nitrogen and oxygen atoms in total. The van der Waals surface area contributed by atoms with Crippen LogP contribution in [0.2, 0.25) is 5.02 Å². The molecule has 2 aliphatic rings. The van der Waals surface area contributed by atoms with Gasteiger partial charge in [-0.1, -0.05) is 29.8 Å². The van der Waals surface area contributed by atoms with Crippen LogP contribution in [0.3, 0.4) is 0 Å². The first-order valence-electron chi connectivity index (χ1n) is 9.79. The maximum absolute atomic E-state index is 12.1. The van der Waals surface area contributed by atoms with Gasteiger partial charge in [-0.05, 0) is 55.4 Å². The zero-order chi connectivity index (χ0) is 19.5. The lowest BCUT2D eigenvalue weighted by molar-refractivity contribution is -0.0972. The molecule has 5 heteroatoms. The molecule has 2 heterocycles. The van der Waals surface area contributed by atoms with Crippen molar-refractivity contribution < 1.29 is 9.84 Å². The molecule has 0 radical (unpaired) electrons. The number of likely N-dealkylation sites (tertiary alicyclic amines) is 1. The Kier molecular flexibility index (Phi) is 4.02. The number of β-amino-alcohol motifs (C(OH)–C–C–N with tert-alkyl or cyclic N) is 1. The fraction of sp³-hybridized carbons (Fsp3) is 0.391. The number of aromatic amines is 1. The highest BCUT2D eigenvalue weighted by atomic mass is 35.5. The Balaban J connectivity index is 1.73. The fourth-order valence-electron chi connectivity index (χ4n) is 5.47. The van der Waals surface area contributed by atoms with Gasteiger partial charge in [0.05, 0.1) is 17.7 Å². The predicted molar refractivity (Wildman–Crippen MR) is 112 cm³/mol. The third kappa shape index (κ3) is 2.45. The number of H-pyrrole nitrogens is 1. The first-order chi connectivity index (χ1) is 13.5. The molecule has 5 rings (SSSR count). The number of piperidine rings is 1. The summed E-state index contributed by atoms with van der Waals surface area (Å²) in [6, 6.07) is 14.2. The van der Waals surface area contributed by atoms with E-state index in [1.54, 1.807) is 7.11 Å². The smallest absolute Gasteiger partial charge is 0.119 e. The van der Waals surface area contributed by atoms with Crippen molar-refractivity contribution in [2.24, 2.45) is 0 Å². The number of aliphatic hydroxyl groups is 1. The van der Waals surface area contributed by atoms with Crippen molar-refractivity contribution in [1.29, 1.82) is 0 Å². The van der Waals surface area contributed by atoms with Crippen LogP contribution >= 0.6 is 11.6 Å². The summed E-state index contributed by atoms with van der Waals surface area (Å²) < 4.78 is 5.49. The zero-order valence-corrected chi connectivity index (χ0v) is 17.0. The van der Waals surface area contributed by atoms with Crippen molar-refractivity contribution in [2.45, 2.75) is 30.3 Å². The summed E-state index contributed by atoms with van der Waals surface area (Å²) in [6.07, 6.45) is 2.26. The number of nitrogens with one attached hydrogen (secondary N) is 1. The highest BCUT2D eigenvalue weighted by Crippen LogP contribution is 2.52. The second kappa shape index (κ2) is 6.24. The van der Waals surface area contributed by atoms with Crippen LogP contribution in [0, 0.1) is 0 Å². The molecule has 146 valence electrons. The van der Waals surface area contributed by atoms with E-state index in [9.17, 15) is 5.11 Å². The van der Waals surface area contributed by atoms with Crippen molar-refractivity contribution in [2.75, 3.05) is 27.2 Å². The highest BCUT2D eigenvalue weighted by molar-refractivity contribution is 6.35. The van der Waals surface area contributed by atoms with Crippen molar-refractivity contribution in [1.82, 2.24) is 9.88 Å². The molecule has 1 aliphatic heterocycles. The van der Waals surface area contributed by atoms with Gasteiger partial charge < -0.3 is 19.7 Å². The molecule has 2 aromatic carbocycles. The molecule has 1 aromatic heterocycles. The first-order valence-corrected chi connectivity index (χ1v) is 10.2. The molecule has 2 atom stereocenters. The minimum Gasteiger partial charge on any atom is -0.497 e. The Bertz CT molecular complexity index is 1060. The molecule has 1 aliphatic carbocycles. The van der Waals surface area contributed by atoms with E-state index in [-0.39, 0.29) is 5.41 Å². The quantitative estimate of drug-likeness (QED) is 0.690. The van der Waals surface area contributed by atoms with Crippen LogP contribution in [0.1, 0.15) is 23.2 Å². The number of benzene rings is 2. The van der Waals surface area contributed by atoms with Crippen LogP contribution < -0.4 is 4.74 Å². The Hall–Kier alpha value is -2.01. The number of fused-ring (bicyclic) bond motifs is 4. The summed E-state index contributed by atoms with van der Waals surface area (Å²) >= 11 is 6.55. The zero-order valence-electron chi connectivity index (χ0n) is 16.3. The van der Waals surface area contributed by atoms with Gasteiger partial charge in [0.1, 0.15) is 5.75 Å². The summed E-state index contributed by atoms with van der Waals surface area (Å²) in [5.74, 6) is 0.832. The molecule has 0 amide bonds. The van der Waals surface area contributed by atoms with Crippen LogP contribution in [-0.4, -0.2) is 47.8 Å². The van der Waals surface area contributed by atoms with Crippen molar-refractivity contribution in [3.8, 4) is 5.75 Å². The SMILES string of the molecule is COc1cccc([C@@]23CCN(C)C[C@@]2(O)Cc2c([nH]c4cccc(Cl)c24)C3)c1. The number of likely N-dealkylation sites (N-methyl/N-ethyl adjacent to an activating group) is 1. The molecule has 0 spiro atoms. The summed E-state index contributed by atoms with van der Waals surface area (Å²) in [5, 5.41) is 13.9. The molecule has 1 saturated heterocycles. The number of aromatic nitrogens is 1. The van der Waals surface area contributed by atoms with Gasteiger partial charge in [-0.2, -0.15) is 0 Å². The van der Waals surface area contributed by atoms with Gasteiger partial charge in [0.2, 0.25) is 0 Å². The van der Waals surface area contributed by atoms with Crippen molar-refractivity contribution >= 4 is 22.5 Å².